The number of imidazole rings is 1. The van der Waals surface area contributed by atoms with E-state index < -0.39 is 0 Å². The molecule has 0 radical (unpaired) electrons. The van der Waals surface area contributed by atoms with Crippen molar-refractivity contribution >= 4 is 39.6 Å². The molecule has 56 valence electrons. The van der Waals surface area contributed by atoms with E-state index in [0.717, 1.165) is 11.0 Å². The Morgan fingerprint density at radius 2 is 2.27 bits per heavy atom. The fourth-order valence-electron chi connectivity index (χ4n) is 1.00. The van der Waals surface area contributed by atoms with Gasteiger partial charge in [-0.15, -0.1) is 0 Å². The molecule has 1 aromatic carbocycles. The molecule has 0 amide bonds. The van der Waals surface area contributed by atoms with Crippen molar-refractivity contribution in [2.45, 2.75) is 0 Å². The smallest absolute Gasteiger partial charge is 0.198 e. The van der Waals surface area contributed by atoms with Crippen LogP contribution in [0.3, 0.4) is 0 Å². The molecule has 0 fully saturated rings. The summed E-state index contributed by atoms with van der Waals surface area (Å²) in [5.74, 6) is 0.474. The molecular formula is C7H6IN3. The average molecular weight is 259 g/mol. The zero-order valence-electron chi connectivity index (χ0n) is 5.63. The van der Waals surface area contributed by atoms with Gasteiger partial charge < -0.3 is 10.7 Å². The molecule has 1 heterocycles. The Bertz CT molecular complexity index is 393. The first kappa shape index (κ1) is 6.90. The lowest BCUT2D eigenvalue weighted by Gasteiger charge is -1.87. The molecule has 0 saturated carbocycles. The van der Waals surface area contributed by atoms with Gasteiger partial charge in [-0.2, -0.15) is 0 Å². The van der Waals surface area contributed by atoms with Crippen LogP contribution < -0.4 is 5.73 Å². The number of fused-ring (bicyclic) bond motifs is 1. The van der Waals surface area contributed by atoms with E-state index in [-0.39, 0.29) is 0 Å². The van der Waals surface area contributed by atoms with Gasteiger partial charge in [0.05, 0.1) is 11.0 Å². The second-order valence-corrected chi connectivity index (χ2v) is 3.53. The summed E-state index contributed by atoms with van der Waals surface area (Å²) >= 11 is 2.25. The van der Waals surface area contributed by atoms with Gasteiger partial charge >= 0.3 is 0 Å². The lowest BCUT2D eigenvalue weighted by atomic mass is 10.3. The number of benzene rings is 1. The van der Waals surface area contributed by atoms with Crippen molar-refractivity contribution in [1.82, 2.24) is 9.97 Å². The van der Waals surface area contributed by atoms with Crippen LogP contribution in [0.5, 0.6) is 0 Å². The molecule has 11 heavy (non-hydrogen) atoms. The molecule has 0 aliphatic carbocycles. The molecule has 0 unspecified atom stereocenters. The predicted molar refractivity (Wildman–Crippen MR) is 53.2 cm³/mol. The van der Waals surface area contributed by atoms with Gasteiger partial charge in [-0.25, -0.2) is 4.98 Å². The first-order valence-corrected chi connectivity index (χ1v) is 4.24. The highest BCUT2D eigenvalue weighted by atomic mass is 127. The van der Waals surface area contributed by atoms with Gasteiger partial charge in [0.15, 0.2) is 5.95 Å². The summed E-state index contributed by atoms with van der Waals surface area (Å²) in [6, 6.07) is 5.96. The van der Waals surface area contributed by atoms with E-state index in [2.05, 4.69) is 32.6 Å². The molecule has 0 spiro atoms. The second kappa shape index (κ2) is 2.37. The minimum Gasteiger partial charge on any atom is -0.369 e. The molecule has 3 nitrogen and oxygen atoms in total. The number of halogens is 1. The van der Waals surface area contributed by atoms with E-state index >= 15 is 0 Å². The van der Waals surface area contributed by atoms with Gasteiger partial charge in [0.25, 0.3) is 0 Å². The maximum Gasteiger partial charge on any atom is 0.198 e. The zero-order chi connectivity index (χ0) is 7.84. The van der Waals surface area contributed by atoms with Crippen LogP contribution in [0.15, 0.2) is 18.2 Å². The van der Waals surface area contributed by atoms with Gasteiger partial charge in [0.1, 0.15) is 0 Å². The van der Waals surface area contributed by atoms with Crippen molar-refractivity contribution in [2.24, 2.45) is 0 Å². The summed E-state index contributed by atoms with van der Waals surface area (Å²) in [5.41, 5.74) is 7.39. The van der Waals surface area contributed by atoms with Crippen LogP contribution in [0.1, 0.15) is 0 Å². The average Bonchev–Trinajstić information content (AvgIpc) is 2.27. The fraction of sp³-hybridized carbons (Fsp3) is 0. The number of rotatable bonds is 0. The van der Waals surface area contributed by atoms with E-state index in [0.29, 0.717) is 5.95 Å². The molecule has 0 atom stereocenters. The topological polar surface area (TPSA) is 54.7 Å². The summed E-state index contributed by atoms with van der Waals surface area (Å²) in [5, 5.41) is 0. The Morgan fingerprint density at radius 3 is 3.09 bits per heavy atom. The number of hydrogen-bond donors (Lipinski definition) is 2. The Balaban J connectivity index is 2.82. The highest BCUT2D eigenvalue weighted by Gasteiger charge is 1.98. The molecule has 0 aliphatic rings. The second-order valence-electron chi connectivity index (χ2n) is 2.28. The van der Waals surface area contributed by atoms with Crippen molar-refractivity contribution in [1.29, 1.82) is 0 Å². The maximum absolute atomic E-state index is 5.47. The molecule has 0 aliphatic heterocycles. The summed E-state index contributed by atoms with van der Waals surface area (Å²) in [7, 11) is 0. The van der Waals surface area contributed by atoms with E-state index in [1.165, 1.54) is 3.57 Å². The minimum atomic E-state index is 0.474. The number of aromatic amines is 1. The van der Waals surface area contributed by atoms with E-state index in [1.54, 1.807) is 0 Å². The lowest BCUT2D eigenvalue weighted by Crippen LogP contribution is -1.84. The van der Waals surface area contributed by atoms with Crippen LogP contribution >= 0.6 is 22.6 Å². The molecule has 2 rings (SSSR count). The molecule has 3 N–H and O–H groups in total. The Hall–Kier alpha value is -0.780. The lowest BCUT2D eigenvalue weighted by molar-refractivity contribution is 1.35. The van der Waals surface area contributed by atoms with E-state index in [9.17, 15) is 0 Å². The quantitative estimate of drug-likeness (QED) is 0.708. The largest absolute Gasteiger partial charge is 0.369 e. The van der Waals surface area contributed by atoms with Crippen LogP contribution in [0.4, 0.5) is 5.95 Å². The van der Waals surface area contributed by atoms with Gasteiger partial charge in [-0.1, -0.05) is 0 Å². The standard InChI is InChI=1S/C7H6IN3/c8-4-1-2-5-6(3-4)11-7(9)10-5/h1-3H,(H3,9,10,11). The third kappa shape index (κ3) is 1.18. The third-order valence-electron chi connectivity index (χ3n) is 1.46. The number of nitrogens with one attached hydrogen (secondary N) is 1. The minimum absolute atomic E-state index is 0.474. The van der Waals surface area contributed by atoms with Crippen molar-refractivity contribution in [3.05, 3.63) is 21.8 Å². The fourth-order valence-corrected chi connectivity index (χ4v) is 1.49. The highest BCUT2D eigenvalue weighted by molar-refractivity contribution is 14.1. The molecule has 4 heteroatoms. The van der Waals surface area contributed by atoms with Gasteiger partial charge in [-0.3, -0.25) is 0 Å². The number of aromatic nitrogens is 2. The molecule has 2 aromatic rings. The Kier molecular flexibility index (Phi) is 1.49. The summed E-state index contributed by atoms with van der Waals surface area (Å²) in [6.07, 6.45) is 0. The van der Waals surface area contributed by atoms with Crippen molar-refractivity contribution in [2.75, 3.05) is 5.73 Å². The Morgan fingerprint density at radius 1 is 1.45 bits per heavy atom. The van der Waals surface area contributed by atoms with Crippen LogP contribution in [-0.2, 0) is 0 Å². The van der Waals surface area contributed by atoms with Gasteiger partial charge in [-0.05, 0) is 40.8 Å². The number of anilines is 1. The Labute approximate surface area is 77.1 Å². The van der Waals surface area contributed by atoms with Crippen molar-refractivity contribution in [3.8, 4) is 0 Å². The summed E-state index contributed by atoms with van der Waals surface area (Å²) in [6.45, 7) is 0. The maximum atomic E-state index is 5.47. The molecule has 0 bridgehead atoms. The summed E-state index contributed by atoms with van der Waals surface area (Å²) < 4.78 is 1.18. The summed E-state index contributed by atoms with van der Waals surface area (Å²) in [4.78, 5) is 7.03. The number of H-pyrrole nitrogens is 1. The predicted octanol–water partition coefficient (Wildman–Crippen LogP) is 1.75. The normalized spacial score (nSPS) is 10.6. The van der Waals surface area contributed by atoms with Crippen LogP contribution in [0.25, 0.3) is 11.0 Å². The zero-order valence-corrected chi connectivity index (χ0v) is 7.79. The van der Waals surface area contributed by atoms with Crippen LogP contribution in [-0.4, -0.2) is 9.97 Å². The number of nitrogens with zero attached hydrogens (tertiary/aromatic N) is 1. The SMILES string of the molecule is Nc1nc2ccc(I)cc2[nH]1. The van der Waals surface area contributed by atoms with Crippen LogP contribution in [0.2, 0.25) is 0 Å². The van der Waals surface area contributed by atoms with Crippen molar-refractivity contribution in [3.63, 3.8) is 0 Å². The molecule has 0 saturated heterocycles. The van der Waals surface area contributed by atoms with Crippen LogP contribution in [0, 0.1) is 3.57 Å². The first-order chi connectivity index (χ1) is 5.25. The molecule has 1 aromatic heterocycles. The highest BCUT2D eigenvalue weighted by Crippen LogP contribution is 2.15. The number of hydrogen-bond acceptors (Lipinski definition) is 2. The van der Waals surface area contributed by atoms with E-state index in [1.807, 2.05) is 18.2 Å². The van der Waals surface area contributed by atoms with Crippen molar-refractivity contribution < 1.29 is 0 Å². The third-order valence-corrected chi connectivity index (χ3v) is 2.13. The van der Waals surface area contributed by atoms with Gasteiger partial charge in [0, 0.05) is 3.57 Å². The first-order valence-electron chi connectivity index (χ1n) is 3.16. The van der Waals surface area contributed by atoms with Gasteiger partial charge in [0.2, 0.25) is 0 Å². The monoisotopic (exact) mass is 259 g/mol. The van der Waals surface area contributed by atoms with E-state index in [4.69, 9.17) is 5.73 Å². The number of nitrogen functional groups attached to an aromatic ring is 1. The number of nitrogens with two attached hydrogens (primary N) is 1. The molecular weight excluding hydrogens is 253 g/mol.